The molecule has 1 saturated carbocycles. The van der Waals surface area contributed by atoms with E-state index in [1.54, 1.807) is 79.4 Å². The number of esters is 1. The number of carbonyl (C=O) groups is 4. The Morgan fingerprint density at radius 3 is 2.44 bits per heavy atom. The number of ether oxygens (including phenoxy) is 5. The summed E-state index contributed by atoms with van der Waals surface area (Å²) >= 11 is 0. The summed E-state index contributed by atoms with van der Waals surface area (Å²) in [6, 6.07) is 18.2. The molecule has 1 aliphatic carbocycles. The molecule has 0 radical (unpaired) electrons. The van der Waals surface area contributed by atoms with Gasteiger partial charge in [-0.15, -0.1) is 5.10 Å². The number of rotatable bonds is 26. The number of Topliss-reactive ketones (excluding diaryl/α,β-unsaturated/α-hetero) is 1. The van der Waals surface area contributed by atoms with Crippen molar-refractivity contribution in [3.05, 3.63) is 120 Å². The number of sulfonamides is 1. The van der Waals surface area contributed by atoms with Crippen LogP contribution in [-0.2, 0) is 53.5 Å². The number of benzene rings is 1. The molecule has 1 saturated heterocycles. The maximum absolute atomic E-state index is 13.5. The van der Waals surface area contributed by atoms with Crippen molar-refractivity contribution < 1.29 is 51.3 Å². The average Bonchev–Trinajstić information content (AvgIpc) is 1.68. The van der Waals surface area contributed by atoms with Gasteiger partial charge in [-0.05, 0) is 81.8 Å². The molecule has 1 aromatic carbocycles. The Hall–Kier alpha value is -8.51. The maximum atomic E-state index is 13.5. The Morgan fingerprint density at radius 2 is 1.71 bits per heavy atom. The van der Waals surface area contributed by atoms with Gasteiger partial charge in [0.05, 0.1) is 61.2 Å². The standard InChI is InChI=1S/C60H72N14O11S/c1-39-34-71(58-64-32-42(33-65-58)49-16-15-48-54(76)60(5,6)74(55(48)66-49)35-41-11-9-20-62-51(41)30-61)21-22-73(39)53(75)37-72-36-44(68-70-72)38-83-25-24-82-23-10-26-86(79,80)69-43-27-47(28-43)84-45-12-8-13-46(29-45)85-52-17-14-40(31-63-52)56(77)67-50(57(78)81-7)18-19-59(2,3)4/h8-9,11-17,20,29,31-33,36,39,43,47,50,69H,10,18-19,21-28,34-35,37-38H2,1-7H3,(H,67,77)/t39-,43?,47?,50+/m1/s1. The van der Waals surface area contributed by atoms with Gasteiger partial charge in [-0.25, -0.2) is 47.5 Å². The number of nitriles is 1. The Morgan fingerprint density at radius 1 is 0.930 bits per heavy atom. The molecular weight excluding hydrogens is 1120 g/mol. The Labute approximate surface area is 499 Å². The largest absolute Gasteiger partial charge is 0.490 e. The van der Waals surface area contributed by atoms with Gasteiger partial charge >= 0.3 is 5.97 Å². The van der Waals surface area contributed by atoms with Crippen molar-refractivity contribution >= 4 is 45.4 Å². The van der Waals surface area contributed by atoms with Gasteiger partial charge in [0, 0.05) is 106 Å². The zero-order chi connectivity index (χ0) is 61.2. The van der Waals surface area contributed by atoms with Crippen LogP contribution in [0.5, 0.6) is 17.4 Å². The molecule has 6 aromatic rings. The van der Waals surface area contributed by atoms with E-state index in [9.17, 15) is 32.9 Å². The van der Waals surface area contributed by atoms with E-state index in [0.717, 1.165) is 0 Å². The topological polar surface area (TPSA) is 301 Å². The van der Waals surface area contributed by atoms with Crippen molar-refractivity contribution in [3.63, 3.8) is 0 Å². The molecule has 2 amide bonds. The highest BCUT2D eigenvalue weighted by Gasteiger charge is 2.45. The number of amides is 2. The van der Waals surface area contributed by atoms with Crippen molar-refractivity contribution in [1.29, 1.82) is 5.26 Å². The minimum Gasteiger partial charge on any atom is -0.490 e. The Bertz CT molecular complexity index is 3530. The molecule has 0 unspecified atom stereocenters. The van der Waals surface area contributed by atoms with E-state index in [2.05, 4.69) is 67.1 Å². The normalized spacial score (nSPS) is 17.7. The SMILES string of the molecule is COC(=O)[C@H](CCC(C)(C)C)NC(=O)c1ccc(Oc2cccc(OC3CC(NS(=O)(=O)CCCOCCOCc4cn(CC(=O)N5CCN(c6ncc(-c7ccc8c(n7)N(Cc7cccnc7C#N)C(C)(C)C8=O)cn6)C[C@H]5C)nn4)C3)c2)nc1. The van der Waals surface area contributed by atoms with Crippen LogP contribution >= 0.6 is 0 Å². The van der Waals surface area contributed by atoms with Gasteiger partial charge < -0.3 is 43.7 Å². The van der Waals surface area contributed by atoms with Gasteiger partial charge in [0.2, 0.25) is 27.8 Å². The quantitative estimate of drug-likeness (QED) is 0.0475. The van der Waals surface area contributed by atoms with Crippen LogP contribution in [-0.4, -0.2) is 159 Å². The van der Waals surface area contributed by atoms with Crippen molar-refractivity contribution in [3.8, 4) is 34.7 Å². The maximum Gasteiger partial charge on any atom is 0.328 e. The number of hydrogen-bond donors (Lipinski definition) is 2. The monoisotopic (exact) mass is 1200 g/mol. The summed E-state index contributed by atoms with van der Waals surface area (Å²) in [6.07, 6.45) is 10.3. The van der Waals surface area contributed by atoms with Gasteiger partial charge in [-0.2, -0.15) is 5.26 Å². The van der Waals surface area contributed by atoms with Crippen LogP contribution in [0.2, 0.25) is 0 Å². The van der Waals surface area contributed by atoms with Gasteiger partial charge in [-0.3, -0.25) is 14.4 Å². The minimum absolute atomic E-state index is 0.00274. The second kappa shape index (κ2) is 27.2. The molecule has 454 valence electrons. The van der Waals surface area contributed by atoms with Crippen LogP contribution in [0.3, 0.4) is 0 Å². The van der Waals surface area contributed by atoms with E-state index in [0.29, 0.717) is 109 Å². The van der Waals surface area contributed by atoms with Crippen molar-refractivity contribution in [2.45, 2.75) is 123 Å². The summed E-state index contributed by atoms with van der Waals surface area (Å²) in [4.78, 5) is 80.7. The zero-order valence-electron chi connectivity index (χ0n) is 49.3. The predicted molar refractivity (Wildman–Crippen MR) is 314 cm³/mol. The third-order valence-electron chi connectivity index (χ3n) is 15.0. The number of aromatic nitrogens is 8. The third-order valence-corrected chi connectivity index (χ3v) is 16.6. The lowest BCUT2D eigenvalue weighted by Gasteiger charge is -2.39. The van der Waals surface area contributed by atoms with Gasteiger partial charge in [-0.1, -0.05) is 38.1 Å². The van der Waals surface area contributed by atoms with Crippen LogP contribution < -0.4 is 29.3 Å². The van der Waals surface area contributed by atoms with Gasteiger partial charge in [0.1, 0.15) is 53.5 Å². The molecule has 5 aromatic heterocycles. The zero-order valence-corrected chi connectivity index (χ0v) is 50.2. The molecule has 2 fully saturated rings. The molecule has 0 bridgehead atoms. The first-order chi connectivity index (χ1) is 41.1. The van der Waals surface area contributed by atoms with Gasteiger partial charge in [0.25, 0.3) is 5.91 Å². The fourth-order valence-electron chi connectivity index (χ4n) is 10.2. The van der Waals surface area contributed by atoms with E-state index in [-0.39, 0.29) is 92.0 Å². The van der Waals surface area contributed by atoms with E-state index < -0.39 is 33.5 Å². The molecule has 3 aliphatic rings. The van der Waals surface area contributed by atoms with Crippen LogP contribution in [0.1, 0.15) is 111 Å². The molecule has 26 heteroatoms. The van der Waals surface area contributed by atoms with Crippen LogP contribution in [0.25, 0.3) is 11.3 Å². The lowest BCUT2D eigenvalue weighted by atomic mass is 9.88. The predicted octanol–water partition coefficient (Wildman–Crippen LogP) is 5.85. The number of fused-ring (bicyclic) bond motifs is 1. The smallest absolute Gasteiger partial charge is 0.328 e. The summed E-state index contributed by atoms with van der Waals surface area (Å²) in [6.45, 7) is 14.5. The third kappa shape index (κ3) is 15.9. The summed E-state index contributed by atoms with van der Waals surface area (Å²) in [5.41, 5.74) is 2.65. The second-order valence-corrected chi connectivity index (χ2v) is 25.1. The average molecular weight is 1200 g/mol. The van der Waals surface area contributed by atoms with E-state index in [4.69, 9.17) is 28.7 Å². The van der Waals surface area contributed by atoms with Crippen molar-refractivity contribution in [2.75, 3.05) is 62.1 Å². The van der Waals surface area contributed by atoms with Crippen LogP contribution in [0.15, 0.2) is 91.6 Å². The number of anilines is 2. The highest BCUT2D eigenvalue weighted by Crippen LogP contribution is 2.40. The lowest BCUT2D eigenvalue weighted by Crippen LogP contribution is -2.55. The van der Waals surface area contributed by atoms with E-state index in [1.165, 1.54) is 18.0 Å². The number of nitrogens with zero attached hydrogens (tertiary/aromatic N) is 12. The first kappa shape index (κ1) is 62.0. The molecule has 2 atom stereocenters. The minimum atomic E-state index is -3.55. The number of hydrogen-bond acceptors (Lipinski definition) is 21. The summed E-state index contributed by atoms with van der Waals surface area (Å²) in [5, 5.41) is 20.7. The first-order valence-electron chi connectivity index (χ1n) is 28.5. The first-order valence-corrected chi connectivity index (χ1v) is 30.2. The Kier molecular flexibility index (Phi) is 19.7. The number of methoxy groups -OCH3 is 1. The van der Waals surface area contributed by atoms with Crippen molar-refractivity contribution in [2.24, 2.45) is 5.41 Å². The fraction of sp³-hybridized carbons (Fsp3) is 0.467. The number of piperazine rings is 1. The summed E-state index contributed by atoms with van der Waals surface area (Å²) < 4.78 is 58.2. The summed E-state index contributed by atoms with van der Waals surface area (Å²) in [5.74, 6) is 1.06. The molecule has 0 spiro atoms. The molecule has 86 heavy (non-hydrogen) atoms. The Balaban J connectivity index is 0.626. The highest BCUT2D eigenvalue weighted by atomic mass is 32.2. The van der Waals surface area contributed by atoms with E-state index in [1.807, 2.05) is 41.5 Å². The lowest BCUT2D eigenvalue weighted by molar-refractivity contribution is -0.143. The number of pyridine rings is 3. The van der Waals surface area contributed by atoms with E-state index >= 15 is 0 Å². The van der Waals surface area contributed by atoms with Gasteiger partial charge in [0.15, 0.2) is 5.78 Å². The van der Waals surface area contributed by atoms with Crippen molar-refractivity contribution in [1.82, 2.24) is 54.9 Å². The fourth-order valence-corrected chi connectivity index (χ4v) is 11.5. The summed E-state index contributed by atoms with van der Waals surface area (Å²) in [7, 11) is -2.26. The molecule has 25 nitrogen and oxygen atoms in total. The number of ketones is 1. The van der Waals surface area contributed by atoms with Crippen LogP contribution in [0, 0.1) is 16.7 Å². The molecule has 2 aliphatic heterocycles. The highest BCUT2D eigenvalue weighted by molar-refractivity contribution is 7.89. The second-order valence-electron chi connectivity index (χ2n) is 23.2. The molecular formula is C60H72N14O11S. The number of carbonyl (C=O) groups excluding carboxylic acids is 4. The molecule has 9 rings (SSSR count). The number of nitrogens with one attached hydrogen (secondary N) is 2. The molecule has 2 N–H and O–H groups in total. The van der Waals surface area contributed by atoms with Crippen LogP contribution in [0.4, 0.5) is 11.8 Å². The molecule has 7 heterocycles.